The smallest absolute Gasteiger partial charge is 0.158 e. The van der Waals surface area contributed by atoms with E-state index in [0.29, 0.717) is 0 Å². The number of thiophene rings is 1. The maximum absolute atomic E-state index is 4.55. The Hall–Kier alpha value is -2.27. The van der Waals surface area contributed by atoms with Crippen LogP contribution >= 0.6 is 11.3 Å². The van der Waals surface area contributed by atoms with Crippen LogP contribution in [0.25, 0.3) is 20.7 Å². The molecule has 1 aromatic carbocycles. The zero-order chi connectivity index (χ0) is 15.5. The lowest BCUT2D eigenvalue weighted by Gasteiger charge is -2.03. The molecule has 0 radical (unpaired) electrons. The van der Waals surface area contributed by atoms with Crippen LogP contribution < -0.4 is 5.43 Å². The van der Waals surface area contributed by atoms with Crippen LogP contribution in [0.2, 0.25) is 0 Å². The molecule has 4 nitrogen and oxygen atoms in total. The maximum atomic E-state index is 4.55. The van der Waals surface area contributed by atoms with Gasteiger partial charge in [-0.3, -0.25) is 5.43 Å². The van der Waals surface area contributed by atoms with Crippen molar-refractivity contribution in [2.24, 2.45) is 5.10 Å². The van der Waals surface area contributed by atoms with Gasteiger partial charge in [0.1, 0.15) is 10.7 Å². The summed E-state index contributed by atoms with van der Waals surface area (Å²) < 4.78 is 0. The van der Waals surface area contributed by atoms with Gasteiger partial charge in [-0.05, 0) is 31.9 Å². The van der Waals surface area contributed by atoms with Gasteiger partial charge in [-0.1, -0.05) is 37.3 Å². The molecule has 0 atom stereocenters. The van der Waals surface area contributed by atoms with E-state index in [9.17, 15) is 0 Å². The Kier molecular flexibility index (Phi) is 4.15. The van der Waals surface area contributed by atoms with Gasteiger partial charge < -0.3 is 0 Å². The molecule has 112 valence electrons. The van der Waals surface area contributed by atoms with E-state index in [1.165, 1.54) is 10.4 Å². The zero-order valence-corrected chi connectivity index (χ0v) is 13.7. The van der Waals surface area contributed by atoms with Crippen LogP contribution in [-0.4, -0.2) is 15.7 Å². The molecule has 0 aliphatic rings. The fraction of sp³-hybridized carbons (Fsp3) is 0.235. The fourth-order valence-electron chi connectivity index (χ4n) is 2.09. The number of fused-ring (bicyclic) bond motifs is 1. The average molecular weight is 310 g/mol. The molecule has 22 heavy (non-hydrogen) atoms. The Labute approximate surface area is 133 Å². The summed E-state index contributed by atoms with van der Waals surface area (Å²) in [6, 6.07) is 12.5. The molecule has 3 rings (SSSR count). The zero-order valence-electron chi connectivity index (χ0n) is 12.9. The van der Waals surface area contributed by atoms with Crippen molar-refractivity contribution in [1.82, 2.24) is 9.97 Å². The molecular formula is C17H18N4S. The van der Waals surface area contributed by atoms with Gasteiger partial charge in [-0.25, -0.2) is 9.97 Å². The molecule has 0 aliphatic heterocycles. The van der Waals surface area contributed by atoms with Crippen molar-refractivity contribution < 1.29 is 0 Å². The van der Waals surface area contributed by atoms with Crippen LogP contribution in [0.4, 0.5) is 5.82 Å². The molecule has 0 spiro atoms. The highest BCUT2D eigenvalue weighted by atomic mass is 32.1. The Balaban J connectivity index is 2.07. The number of hydrogen-bond donors (Lipinski definition) is 1. The van der Waals surface area contributed by atoms with Crippen LogP contribution in [0.5, 0.6) is 0 Å². The highest BCUT2D eigenvalue weighted by molar-refractivity contribution is 7.21. The molecule has 3 aromatic rings. The molecule has 0 aliphatic carbocycles. The molecule has 0 amide bonds. The molecule has 0 fully saturated rings. The third-order valence-corrected chi connectivity index (χ3v) is 4.51. The van der Waals surface area contributed by atoms with Crippen molar-refractivity contribution in [3.05, 3.63) is 42.2 Å². The predicted molar refractivity (Wildman–Crippen MR) is 94.6 cm³/mol. The molecule has 5 heteroatoms. The molecule has 0 saturated carbocycles. The molecule has 1 N–H and O–H groups in total. The van der Waals surface area contributed by atoms with Crippen LogP contribution in [-0.2, 0) is 0 Å². The summed E-state index contributed by atoms with van der Waals surface area (Å²) >= 11 is 1.68. The molecule has 0 unspecified atom stereocenters. The largest absolute Gasteiger partial charge is 0.261 e. The maximum Gasteiger partial charge on any atom is 0.158 e. The van der Waals surface area contributed by atoms with Crippen LogP contribution in [0.15, 0.2) is 41.5 Å². The third kappa shape index (κ3) is 2.99. The predicted octanol–water partition coefficient (Wildman–Crippen LogP) is 4.86. The second kappa shape index (κ2) is 6.23. The third-order valence-electron chi connectivity index (χ3n) is 3.43. The molecule has 0 saturated heterocycles. The Bertz CT molecular complexity index is 821. The number of aromatic nitrogens is 2. The van der Waals surface area contributed by atoms with Crippen molar-refractivity contribution in [2.75, 3.05) is 5.43 Å². The lowest BCUT2D eigenvalue weighted by atomic mass is 10.2. The number of aryl methyl sites for hydroxylation is 1. The SMILES string of the molecule is CCC(C)=NNc1nc(C)nc2sc(-c3ccccc3)cc12. The fourth-order valence-corrected chi connectivity index (χ4v) is 3.17. The van der Waals surface area contributed by atoms with Crippen molar-refractivity contribution in [3.63, 3.8) is 0 Å². The average Bonchev–Trinajstić information content (AvgIpc) is 2.97. The number of benzene rings is 1. The van der Waals surface area contributed by atoms with E-state index >= 15 is 0 Å². The van der Waals surface area contributed by atoms with Crippen molar-refractivity contribution >= 4 is 33.1 Å². The van der Waals surface area contributed by atoms with Gasteiger partial charge in [0.2, 0.25) is 0 Å². The monoisotopic (exact) mass is 310 g/mol. The Morgan fingerprint density at radius 1 is 1.23 bits per heavy atom. The highest BCUT2D eigenvalue weighted by Gasteiger charge is 2.11. The first-order valence-corrected chi connectivity index (χ1v) is 8.12. The van der Waals surface area contributed by atoms with Gasteiger partial charge in [0, 0.05) is 10.6 Å². The van der Waals surface area contributed by atoms with Gasteiger partial charge in [-0.2, -0.15) is 5.10 Å². The van der Waals surface area contributed by atoms with Crippen LogP contribution in [0.3, 0.4) is 0 Å². The van der Waals surface area contributed by atoms with Gasteiger partial charge in [0.05, 0.1) is 5.39 Å². The van der Waals surface area contributed by atoms with Crippen molar-refractivity contribution in [3.8, 4) is 10.4 Å². The summed E-state index contributed by atoms with van der Waals surface area (Å²) in [5.74, 6) is 1.52. The lowest BCUT2D eigenvalue weighted by molar-refractivity contribution is 1.08. The first-order chi connectivity index (χ1) is 10.7. The van der Waals surface area contributed by atoms with Crippen molar-refractivity contribution in [2.45, 2.75) is 27.2 Å². The van der Waals surface area contributed by atoms with Gasteiger partial charge in [0.15, 0.2) is 5.82 Å². The molecule has 2 heterocycles. The standard InChI is InChI=1S/C17H18N4S/c1-4-11(2)20-21-16-14-10-15(13-8-6-5-7-9-13)22-17(14)19-12(3)18-16/h5-10H,4H2,1-3H3,(H,18,19,21). The number of rotatable bonds is 4. The topological polar surface area (TPSA) is 50.2 Å². The van der Waals surface area contributed by atoms with Crippen LogP contribution in [0, 0.1) is 6.92 Å². The summed E-state index contributed by atoms with van der Waals surface area (Å²) in [4.78, 5) is 11.2. The number of hydrogen-bond acceptors (Lipinski definition) is 5. The van der Waals surface area contributed by atoms with E-state index in [2.05, 4.69) is 45.6 Å². The number of anilines is 1. The van der Waals surface area contributed by atoms with Gasteiger partial charge >= 0.3 is 0 Å². The number of nitrogens with zero attached hydrogens (tertiary/aromatic N) is 3. The Morgan fingerprint density at radius 2 is 2.00 bits per heavy atom. The van der Waals surface area contributed by atoms with Gasteiger partial charge in [0.25, 0.3) is 0 Å². The van der Waals surface area contributed by atoms with E-state index < -0.39 is 0 Å². The highest BCUT2D eigenvalue weighted by Crippen LogP contribution is 2.35. The van der Waals surface area contributed by atoms with E-state index in [1.807, 2.05) is 32.0 Å². The summed E-state index contributed by atoms with van der Waals surface area (Å²) in [6.45, 7) is 5.99. The second-order valence-electron chi connectivity index (χ2n) is 5.13. The minimum absolute atomic E-state index is 0.751. The number of nitrogens with one attached hydrogen (secondary N) is 1. The van der Waals surface area contributed by atoms with Gasteiger partial charge in [-0.15, -0.1) is 11.3 Å². The molecule has 2 aromatic heterocycles. The summed E-state index contributed by atoms with van der Waals surface area (Å²) in [5.41, 5.74) is 5.33. The van der Waals surface area contributed by atoms with Crippen molar-refractivity contribution in [1.29, 1.82) is 0 Å². The van der Waals surface area contributed by atoms with E-state index in [0.717, 1.165) is 34.0 Å². The second-order valence-corrected chi connectivity index (χ2v) is 6.16. The Morgan fingerprint density at radius 3 is 2.73 bits per heavy atom. The molecule has 0 bridgehead atoms. The normalized spacial score (nSPS) is 11.9. The molecular weight excluding hydrogens is 292 g/mol. The number of hydrazone groups is 1. The summed E-state index contributed by atoms with van der Waals surface area (Å²) in [7, 11) is 0. The first-order valence-electron chi connectivity index (χ1n) is 7.30. The minimum atomic E-state index is 0.751. The quantitative estimate of drug-likeness (QED) is 0.553. The van der Waals surface area contributed by atoms with Crippen LogP contribution in [0.1, 0.15) is 26.1 Å². The minimum Gasteiger partial charge on any atom is -0.261 e. The first kappa shape index (κ1) is 14.7. The van der Waals surface area contributed by atoms with E-state index in [1.54, 1.807) is 11.3 Å². The summed E-state index contributed by atoms with van der Waals surface area (Å²) in [6.07, 6.45) is 0.916. The summed E-state index contributed by atoms with van der Waals surface area (Å²) in [5, 5.41) is 5.38. The van der Waals surface area contributed by atoms with E-state index in [4.69, 9.17) is 0 Å². The van der Waals surface area contributed by atoms with E-state index in [-0.39, 0.29) is 0 Å². The lowest BCUT2D eigenvalue weighted by Crippen LogP contribution is -2.00.